The number of anilines is 1. The molecule has 0 radical (unpaired) electrons. The monoisotopic (exact) mass is 290 g/mol. The predicted molar refractivity (Wildman–Crippen MR) is 85.2 cm³/mol. The maximum atomic E-state index is 4.56. The van der Waals surface area contributed by atoms with Crippen LogP contribution in [-0.4, -0.2) is 21.5 Å². The third-order valence-corrected chi connectivity index (χ3v) is 3.81. The molecular formula is C15H22N4S. The van der Waals surface area contributed by atoms with E-state index in [2.05, 4.69) is 27.2 Å². The summed E-state index contributed by atoms with van der Waals surface area (Å²) < 4.78 is 0. The van der Waals surface area contributed by atoms with Gasteiger partial charge in [-0.2, -0.15) is 0 Å². The lowest BCUT2D eigenvalue weighted by Crippen LogP contribution is -2.05. The Kier molecular flexibility index (Phi) is 5.47. The highest BCUT2D eigenvalue weighted by Crippen LogP contribution is 2.20. The summed E-state index contributed by atoms with van der Waals surface area (Å²) in [6.07, 6.45) is 5.02. The van der Waals surface area contributed by atoms with Crippen LogP contribution in [0.15, 0.2) is 11.4 Å². The summed E-state index contributed by atoms with van der Waals surface area (Å²) in [5.74, 6) is 1.61. The lowest BCUT2D eigenvalue weighted by atomic mass is 10.2. The largest absolute Gasteiger partial charge is 0.370 e. The zero-order valence-electron chi connectivity index (χ0n) is 12.4. The number of aromatic nitrogens is 3. The van der Waals surface area contributed by atoms with Gasteiger partial charge in [-0.15, -0.1) is 11.3 Å². The van der Waals surface area contributed by atoms with Crippen LogP contribution in [0.25, 0.3) is 11.5 Å². The van der Waals surface area contributed by atoms with Crippen molar-refractivity contribution in [2.75, 3.05) is 11.9 Å². The molecule has 0 bridgehead atoms. The smallest absolute Gasteiger partial charge is 0.181 e. The van der Waals surface area contributed by atoms with Gasteiger partial charge in [0, 0.05) is 23.7 Å². The molecule has 0 aliphatic rings. The molecular weight excluding hydrogens is 268 g/mol. The van der Waals surface area contributed by atoms with E-state index >= 15 is 0 Å². The molecule has 0 spiro atoms. The van der Waals surface area contributed by atoms with Crippen molar-refractivity contribution < 1.29 is 0 Å². The van der Waals surface area contributed by atoms with E-state index in [9.17, 15) is 0 Å². The molecule has 0 aliphatic carbocycles. The summed E-state index contributed by atoms with van der Waals surface area (Å²) in [5, 5.41) is 6.44. The molecule has 0 aliphatic heterocycles. The van der Waals surface area contributed by atoms with Crippen molar-refractivity contribution >= 4 is 17.2 Å². The van der Waals surface area contributed by atoms with Gasteiger partial charge in [0.2, 0.25) is 0 Å². The number of aryl methyl sites for hydroxylation is 2. The number of thiazole rings is 1. The fraction of sp³-hybridized carbons (Fsp3) is 0.533. The van der Waals surface area contributed by atoms with Crippen molar-refractivity contribution in [1.82, 2.24) is 15.0 Å². The van der Waals surface area contributed by atoms with Crippen molar-refractivity contribution in [3.8, 4) is 11.5 Å². The van der Waals surface area contributed by atoms with Crippen molar-refractivity contribution in [3.63, 3.8) is 0 Å². The van der Waals surface area contributed by atoms with Gasteiger partial charge >= 0.3 is 0 Å². The first-order valence-corrected chi connectivity index (χ1v) is 8.09. The molecule has 2 aromatic rings. The van der Waals surface area contributed by atoms with E-state index in [1.54, 1.807) is 11.3 Å². The third kappa shape index (κ3) is 4.27. The quantitative estimate of drug-likeness (QED) is 0.776. The molecule has 5 heteroatoms. The highest BCUT2D eigenvalue weighted by Gasteiger charge is 2.07. The van der Waals surface area contributed by atoms with Gasteiger partial charge in [-0.25, -0.2) is 15.0 Å². The molecule has 2 heterocycles. The second kappa shape index (κ2) is 7.33. The number of nitrogens with one attached hydrogen (secondary N) is 1. The Bertz CT molecular complexity index is 551. The predicted octanol–water partition coefficient (Wildman–Crippen LogP) is 4.21. The summed E-state index contributed by atoms with van der Waals surface area (Å²) in [4.78, 5) is 13.5. The van der Waals surface area contributed by atoms with E-state index in [-0.39, 0.29) is 0 Å². The maximum Gasteiger partial charge on any atom is 0.181 e. The van der Waals surface area contributed by atoms with E-state index in [1.807, 2.05) is 25.3 Å². The van der Waals surface area contributed by atoms with Crippen molar-refractivity contribution in [2.45, 2.75) is 46.5 Å². The van der Waals surface area contributed by atoms with Crippen LogP contribution < -0.4 is 5.32 Å². The van der Waals surface area contributed by atoms with Gasteiger partial charge in [0.25, 0.3) is 0 Å². The normalized spacial score (nSPS) is 10.8. The van der Waals surface area contributed by atoms with Gasteiger partial charge in [0.15, 0.2) is 5.82 Å². The van der Waals surface area contributed by atoms with Crippen molar-refractivity contribution in [1.29, 1.82) is 0 Å². The molecule has 0 saturated heterocycles. The maximum absolute atomic E-state index is 4.56. The summed E-state index contributed by atoms with van der Waals surface area (Å²) >= 11 is 1.63. The third-order valence-electron chi connectivity index (χ3n) is 3.04. The molecule has 0 amide bonds. The Morgan fingerprint density at radius 2 is 1.95 bits per heavy atom. The first kappa shape index (κ1) is 14.9. The van der Waals surface area contributed by atoms with Gasteiger partial charge in [0.1, 0.15) is 11.5 Å². The average Bonchev–Trinajstić information content (AvgIpc) is 2.85. The fourth-order valence-corrected chi connectivity index (χ4v) is 2.60. The molecule has 2 rings (SSSR count). The van der Waals surface area contributed by atoms with E-state index in [0.29, 0.717) is 5.82 Å². The molecule has 0 fully saturated rings. The molecule has 20 heavy (non-hydrogen) atoms. The Morgan fingerprint density at radius 3 is 2.65 bits per heavy atom. The topological polar surface area (TPSA) is 50.7 Å². The van der Waals surface area contributed by atoms with Gasteiger partial charge in [-0.1, -0.05) is 26.2 Å². The molecule has 108 valence electrons. The van der Waals surface area contributed by atoms with E-state index in [0.717, 1.165) is 28.8 Å². The fourth-order valence-electron chi connectivity index (χ4n) is 2.01. The van der Waals surface area contributed by atoms with E-state index < -0.39 is 0 Å². The van der Waals surface area contributed by atoms with Crippen molar-refractivity contribution in [3.05, 3.63) is 22.1 Å². The molecule has 1 N–H and O–H groups in total. The lowest BCUT2D eigenvalue weighted by molar-refractivity contribution is 0.684. The minimum atomic E-state index is 0.713. The summed E-state index contributed by atoms with van der Waals surface area (Å²) in [7, 11) is 0. The second-order valence-electron chi connectivity index (χ2n) is 4.96. The number of rotatable bonds is 7. The molecule has 0 atom stereocenters. The number of hydrogen-bond donors (Lipinski definition) is 1. The van der Waals surface area contributed by atoms with Crippen LogP contribution in [0.2, 0.25) is 0 Å². The van der Waals surface area contributed by atoms with E-state index in [4.69, 9.17) is 0 Å². The van der Waals surface area contributed by atoms with Gasteiger partial charge in [0.05, 0.1) is 5.01 Å². The van der Waals surface area contributed by atoms with Crippen LogP contribution in [0.3, 0.4) is 0 Å². The Morgan fingerprint density at radius 1 is 1.10 bits per heavy atom. The van der Waals surface area contributed by atoms with Gasteiger partial charge in [-0.3, -0.25) is 0 Å². The summed E-state index contributed by atoms with van der Waals surface area (Å²) in [6.45, 7) is 7.18. The van der Waals surface area contributed by atoms with Crippen LogP contribution in [0.1, 0.15) is 43.3 Å². The van der Waals surface area contributed by atoms with Crippen molar-refractivity contribution in [2.24, 2.45) is 0 Å². The van der Waals surface area contributed by atoms with Gasteiger partial charge < -0.3 is 5.32 Å². The van der Waals surface area contributed by atoms with Crippen LogP contribution in [0.5, 0.6) is 0 Å². The summed E-state index contributed by atoms with van der Waals surface area (Å²) in [6, 6.07) is 1.99. The van der Waals surface area contributed by atoms with Crippen LogP contribution in [0.4, 0.5) is 5.82 Å². The second-order valence-corrected chi connectivity index (χ2v) is 6.02. The van der Waals surface area contributed by atoms with Gasteiger partial charge in [-0.05, 0) is 20.3 Å². The first-order valence-electron chi connectivity index (χ1n) is 7.21. The Labute approximate surface area is 124 Å². The number of nitrogens with zero attached hydrogens (tertiary/aromatic N) is 3. The lowest BCUT2D eigenvalue weighted by Gasteiger charge is -2.07. The standard InChI is InChI=1S/C15H22N4S/c1-4-5-6-7-8-16-14-9-11(2)17-15(19-14)13-10-20-12(3)18-13/h9-10H,4-8H2,1-3H3,(H,16,17,19). The zero-order valence-corrected chi connectivity index (χ0v) is 13.3. The molecule has 2 aromatic heterocycles. The SMILES string of the molecule is CCCCCCNc1cc(C)nc(-c2csc(C)n2)n1. The van der Waals surface area contributed by atoms with Crippen LogP contribution in [-0.2, 0) is 0 Å². The van der Waals surface area contributed by atoms with E-state index in [1.165, 1.54) is 25.7 Å². The highest BCUT2D eigenvalue weighted by atomic mass is 32.1. The Balaban J connectivity index is 2.01. The minimum Gasteiger partial charge on any atom is -0.370 e. The molecule has 0 unspecified atom stereocenters. The summed E-state index contributed by atoms with van der Waals surface area (Å²) in [5.41, 5.74) is 1.84. The zero-order chi connectivity index (χ0) is 14.4. The number of hydrogen-bond acceptors (Lipinski definition) is 5. The van der Waals surface area contributed by atoms with Crippen LogP contribution in [0, 0.1) is 13.8 Å². The Hall–Kier alpha value is -1.49. The molecule has 0 aromatic carbocycles. The first-order chi connectivity index (χ1) is 9.69. The highest BCUT2D eigenvalue weighted by molar-refractivity contribution is 7.09. The molecule has 0 saturated carbocycles. The number of unbranched alkanes of at least 4 members (excludes halogenated alkanes) is 3. The molecule has 4 nitrogen and oxygen atoms in total. The van der Waals surface area contributed by atoms with Crippen LogP contribution >= 0.6 is 11.3 Å². The average molecular weight is 290 g/mol. The minimum absolute atomic E-state index is 0.713.